The molecule has 0 bridgehead atoms. The largest absolute Gasteiger partial charge is 0.493 e. The number of ether oxygens (including phenoxy) is 2. The number of furan rings is 1. The van der Waals surface area contributed by atoms with Gasteiger partial charge in [0.05, 0.1) is 7.11 Å². The van der Waals surface area contributed by atoms with Gasteiger partial charge in [0.15, 0.2) is 28.5 Å². The van der Waals surface area contributed by atoms with E-state index < -0.39 is 0 Å². The lowest BCUT2D eigenvalue weighted by Gasteiger charge is -2.09. The number of nitrogens with zero attached hydrogens (tertiary/aromatic N) is 2. The summed E-state index contributed by atoms with van der Waals surface area (Å²) < 4.78 is 20.7. The number of para-hydroxylation sites is 2. The number of hydrogen-bond donors (Lipinski definition) is 1. The SMILES string of the molecule is COc1ccccc1OCC(=O)Nc1nc(-c2ccc(Br)o2)ns1. The number of anilines is 1. The zero-order valence-electron chi connectivity index (χ0n) is 12.5. The molecule has 0 radical (unpaired) electrons. The molecular formula is C15H12BrN3O4S. The smallest absolute Gasteiger partial charge is 0.264 e. The van der Waals surface area contributed by atoms with Crippen LogP contribution in [0.4, 0.5) is 5.13 Å². The highest BCUT2D eigenvalue weighted by atomic mass is 79.9. The molecule has 0 aliphatic rings. The van der Waals surface area contributed by atoms with E-state index in [1.165, 1.54) is 7.11 Å². The van der Waals surface area contributed by atoms with E-state index in [1.807, 2.05) is 6.07 Å². The van der Waals surface area contributed by atoms with Gasteiger partial charge >= 0.3 is 0 Å². The van der Waals surface area contributed by atoms with Crippen LogP contribution in [0.15, 0.2) is 45.5 Å². The van der Waals surface area contributed by atoms with Gasteiger partial charge in [0.2, 0.25) is 11.0 Å². The number of rotatable bonds is 6. The van der Waals surface area contributed by atoms with Gasteiger partial charge in [-0.1, -0.05) is 12.1 Å². The molecule has 3 aromatic rings. The van der Waals surface area contributed by atoms with Crippen LogP contribution in [0.5, 0.6) is 11.5 Å². The number of benzene rings is 1. The highest BCUT2D eigenvalue weighted by molar-refractivity contribution is 9.10. The quantitative estimate of drug-likeness (QED) is 0.669. The molecule has 2 heterocycles. The molecule has 0 aliphatic heterocycles. The van der Waals surface area contributed by atoms with E-state index in [4.69, 9.17) is 13.9 Å². The molecule has 0 saturated heterocycles. The highest BCUT2D eigenvalue weighted by Crippen LogP contribution is 2.26. The van der Waals surface area contributed by atoms with Gasteiger partial charge in [0.25, 0.3) is 5.91 Å². The van der Waals surface area contributed by atoms with Gasteiger partial charge in [-0.15, -0.1) is 0 Å². The standard InChI is InChI=1S/C15H12BrN3O4S/c1-21-9-4-2-3-5-10(9)22-8-13(20)17-15-18-14(19-24-15)11-6-7-12(16)23-11/h2-7H,8H2,1H3,(H,17,18,19,20). The normalized spacial score (nSPS) is 10.4. The molecule has 9 heteroatoms. The molecule has 1 N–H and O–H groups in total. The van der Waals surface area contributed by atoms with Crippen LogP contribution in [0.1, 0.15) is 0 Å². The van der Waals surface area contributed by atoms with Crippen molar-refractivity contribution in [2.45, 2.75) is 0 Å². The van der Waals surface area contributed by atoms with Crippen LogP contribution >= 0.6 is 27.5 Å². The first-order valence-electron chi connectivity index (χ1n) is 6.81. The summed E-state index contributed by atoms with van der Waals surface area (Å²) in [5.74, 6) is 1.64. The first kappa shape index (κ1) is 16.5. The Bertz CT molecular complexity index is 849. The van der Waals surface area contributed by atoms with E-state index in [0.29, 0.717) is 32.9 Å². The van der Waals surface area contributed by atoms with Crippen molar-refractivity contribution in [2.75, 3.05) is 19.0 Å². The van der Waals surface area contributed by atoms with E-state index in [0.717, 1.165) is 11.5 Å². The molecule has 0 atom stereocenters. The zero-order chi connectivity index (χ0) is 16.9. The average Bonchev–Trinajstić information content (AvgIpc) is 3.22. The van der Waals surface area contributed by atoms with Crippen molar-refractivity contribution in [1.82, 2.24) is 9.36 Å². The number of nitrogens with one attached hydrogen (secondary N) is 1. The molecule has 0 spiro atoms. The molecule has 0 unspecified atom stereocenters. The molecule has 2 aromatic heterocycles. The van der Waals surface area contributed by atoms with E-state index >= 15 is 0 Å². The second-order valence-electron chi connectivity index (χ2n) is 4.51. The van der Waals surface area contributed by atoms with Crippen molar-refractivity contribution in [2.24, 2.45) is 0 Å². The molecule has 7 nitrogen and oxygen atoms in total. The molecule has 0 fully saturated rings. The van der Waals surface area contributed by atoms with E-state index in [1.54, 1.807) is 30.3 Å². The molecule has 0 saturated carbocycles. The number of methoxy groups -OCH3 is 1. The van der Waals surface area contributed by atoms with Gasteiger partial charge in [-0.2, -0.15) is 9.36 Å². The van der Waals surface area contributed by atoms with Crippen molar-refractivity contribution in [3.63, 3.8) is 0 Å². The fourth-order valence-electron chi connectivity index (χ4n) is 1.85. The number of carbonyl (C=O) groups is 1. The van der Waals surface area contributed by atoms with Crippen molar-refractivity contribution < 1.29 is 18.7 Å². The Morgan fingerprint density at radius 1 is 1.29 bits per heavy atom. The Labute approximate surface area is 149 Å². The van der Waals surface area contributed by atoms with Gasteiger partial charge in [-0.3, -0.25) is 10.1 Å². The van der Waals surface area contributed by atoms with Crippen LogP contribution in [0, 0.1) is 0 Å². The maximum absolute atomic E-state index is 12.0. The fourth-order valence-corrected chi connectivity index (χ4v) is 2.74. The Balaban J connectivity index is 1.58. The number of hydrogen-bond acceptors (Lipinski definition) is 7. The third-order valence-corrected chi connectivity index (χ3v) is 3.95. The van der Waals surface area contributed by atoms with Crippen molar-refractivity contribution in [3.05, 3.63) is 41.1 Å². The maximum atomic E-state index is 12.0. The zero-order valence-corrected chi connectivity index (χ0v) is 14.9. The minimum atomic E-state index is -0.343. The fraction of sp³-hybridized carbons (Fsp3) is 0.133. The molecule has 1 aromatic carbocycles. The molecule has 124 valence electrons. The van der Waals surface area contributed by atoms with Crippen molar-refractivity contribution >= 4 is 38.5 Å². The summed E-state index contributed by atoms with van der Waals surface area (Å²) in [7, 11) is 1.54. The molecule has 0 aliphatic carbocycles. The summed E-state index contributed by atoms with van der Waals surface area (Å²) in [4.78, 5) is 16.2. The molecule has 3 rings (SSSR count). The van der Waals surface area contributed by atoms with Crippen LogP contribution < -0.4 is 14.8 Å². The lowest BCUT2D eigenvalue weighted by Crippen LogP contribution is -2.20. The second kappa shape index (κ2) is 7.45. The summed E-state index contributed by atoms with van der Waals surface area (Å²) in [5.41, 5.74) is 0. The lowest BCUT2D eigenvalue weighted by molar-refractivity contribution is -0.118. The van der Waals surface area contributed by atoms with Crippen LogP contribution in [-0.2, 0) is 4.79 Å². The lowest BCUT2D eigenvalue weighted by atomic mass is 10.3. The van der Waals surface area contributed by atoms with Crippen molar-refractivity contribution in [3.8, 4) is 23.1 Å². The molecule has 24 heavy (non-hydrogen) atoms. The third-order valence-electron chi connectivity index (χ3n) is 2.89. The number of halogens is 1. The van der Waals surface area contributed by atoms with E-state index in [2.05, 4.69) is 30.6 Å². The first-order valence-corrected chi connectivity index (χ1v) is 8.37. The topological polar surface area (TPSA) is 86.5 Å². The summed E-state index contributed by atoms with van der Waals surface area (Å²) in [6.45, 7) is -0.165. The summed E-state index contributed by atoms with van der Waals surface area (Å²) in [6, 6.07) is 10.6. The summed E-state index contributed by atoms with van der Waals surface area (Å²) >= 11 is 4.28. The Kier molecular flexibility index (Phi) is 5.11. The second-order valence-corrected chi connectivity index (χ2v) is 6.05. The Morgan fingerprint density at radius 2 is 2.08 bits per heavy atom. The van der Waals surface area contributed by atoms with Crippen molar-refractivity contribution in [1.29, 1.82) is 0 Å². The summed E-state index contributed by atoms with van der Waals surface area (Å²) in [6.07, 6.45) is 0. The Morgan fingerprint density at radius 3 is 2.79 bits per heavy atom. The highest BCUT2D eigenvalue weighted by Gasteiger charge is 2.13. The molecular weight excluding hydrogens is 398 g/mol. The van der Waals surface area contributed by atoms with Crippen LogP contribution in [0.3, 0.4) is 0 Å². The monoisotopic (exact) mass is 409 g/mol. The van der Waals surface area contributed by atoms with Crippen LogP contribution in [-0.4, -0.2) is 29.0 Å². The molecule has 1 amide bonds. The number of amides is 1. The minimum Gasteiger partial charge on any atom is -0.493 e. The third kappa shape index (κ3) is 3.92. The first-order chi connectivity index (χ1) is 11.7. The van der Waals surface area contributed by atoms with Gasteiger partial charge in [0, 0.05) is 11.5 Å². The predicted octanol–water partition coefficient (Wildman–Crippen LogP) is 3.59. The van der Waals surface area contributed by atoms with Gasteiger partial charge in [0.1, 0.15) is 0 Å². The predicted molar refractivity (Wildman–Crippen MR) is 92.4 cm³/mol. The van der Waals surface area contributed by atoms with Gasteiger partial charge in [-0.05, 0) is 40.2 Å². The number of carbonyl (C=O) groups excluding carboxylic acids is 1. The Hall–Kier alpha value is -2.39. The van der Waals surface area contributed by atoms with E-state index in [9.17, 15) is 4.79 Å². The maximum Gasteiger partial charge on any atom is 0.264 e. The average molecular weight is 410 g/mol. The summed E-state index contributed by atoms with van der Waals surface area (Å²) in [5, 5.41) is 3.00. The minimum absolute atomic E-state index is 0.165. The number of aromatic nitrogens is 2. The van der Waals surface area contributed by atoms with Gasteiger partial charge in [-0.25, -0.2) is 0 Å². The van der Waals surface area contributed by atoms with E-state index in [-0.39, 0.29) is 12.5 Å². The van der Waals surface area contributed by atoms with Crippen LogP contribution in [0.25, 0.3) is 11.6 Å². The van der Waals surface area contributed by atoms with Gasteiger partial charge < -0.3 is 13.9 Å². The van der Waals surface area contributed by atoms with Crippen LogP contribution in [0.2, 0.25) is 0 Å².